The van der Waals surface area contributed by atoms with Gasteiger partial charge in [0.2, 0.25) is 11.8 Å². The molecule has 0 bridgehead atoms. The van der Waals surface area contributed by atoms with Crippen molar-refractivity contribution in [2.75, 3.05) is 13.1 Å². The van der Waals surface area contributed by atoms with E-state index in [1.165, 1.54) is 0 Å². The van der Waals surface area contributed by atoms with E-state index in [1.807, 2.05) is 23.8 Å². The summed E-state index contributed by atoms with van der Waals surface area (Å²) in [7, 11) is 0. The van der Waals surface area contributed by atoms with E-state index in [-0.39, 0.29) is 11.8 Å². The Bertz CT molecular complexity index is 855. The number of likely N-dealkylation sites (tertiary alicyclic amines) is 1. The average molecular weight is 358 g/mol. The summed E-state index contributed by atoms with van der Waals surface area (Å²) >= 11 is 1.59. The molecule has 7 nitrogen and oxygen atoms in total. The van der Waals surface area contributed by atoms with Crippen molar-refractivity contribution in [3.05, 3.63) is 40.2 Å². The molecule has 0 spiro atoms. The number of hydrogen-bond donors (Lipinski definition) is 0. The predicted molar refractivity (Wildman–Crippen MR) is 91.4 cm³/mol. The van der Waals surface area contributed by atoms with E-state index in [4.69, 9.17) is 8.94 Å². The van der Waals surface area contributed by atoms with Crippen molar-refractivity contribution in [3.8, 4) is 11.5 Å². The molecule has 1 aliphatic rings. The van der Waals surface area contributed by atoms with Crippen LogP contribution in [-0.4, -0.2) is 39.3 Å². The van der Waals surface area contributed by atoms with Crippen LogP contribution >= 0.6 is 11.3 Å². The number of aromatic nitrogens is 3. The highest BCUT2D eigenvalue weighted by Crippen LogP contribution is 2.29. The van der Waals surface area contributed by atoms with E-state index in [0.29, 0.717) is 36.3 Å². The monoisotopic (exact) mass is 358 g/mol. The standard InChI is InChI=1S/C17H18N4O3S/c1-2-13-8-14(20-24-13)17(22)21-6-3-4-11(9-21)15-18-19-16(23-15)12-5-7-25-10-12/h5,7-8,10-11H,2-4,6,9H2,1H3. The Morgan fingerprint density at radius 1 is 1.44 bits per heavy atom. The molecular formula is C17H18N4O3S. The number of aryl methyl sites for hydroxylation is 1. The van der Waals surface area contributed by atoms with Crippen LogP contribution in [-0.2, 0) is 6.42 Å². The van der Waals surface area contributed by atoms with Crippen LogP contribution in [0.4, 0.5) is 0 Å². The Balaban J connectivity index is 1.48. The number of piperidine rings is 1. The van der Waals surface area contributed by atoms with Gasteiger partial charge in [0, 0.05) is 36.5 Å². The molecule has 0 aromatic carbocycles. The molecule has 4 heterocycles. The number of rotatable bonds is 4. The van der Waals surface area contributed by atoms with Crippen LogP contribution in [0, 0.1) is 0 Å². The zero-order chi connectivity index (χ0) is 17.2. The number of amides is 1. The number of hydrogen-bond acceptors (Lipinski definition) is 7. The van der Waals surface area contributed by atoms with Gasteiger partial charge in [0.1, 0.15) is 5.76 Å². The molecule has 25 heavy (non-hydrogen) atoms. The molecule has 3 aromatic heterocycles. The SMILES string of the molecule is CCc1cc(C(=O)N2CCCC(c3nnc(-c4ccsc4)o3)C2)no1. The zero-order valence-corrected chi connectivity index (χ0v) is 14.7. The summed E-state index contributed by atoms with van der Waals surface area (Å²) in [5.41, 5.74) is 1.30. The molecule has 4 rings (SSSR count). The van der Waals surface area contributed by atoms with Gasteiger partial charge in [-0.1, -0.05) is 12.1 Å². The quantitative estimate of drug-likeness (QED) is 0.711. The molecule has 1 amide bonds. The molecule has 8 heteroatoms. The highest BCUT2D eigenvalue weighted by Gasteiger charge is 2.30. The molecule has 1 atom stereocenters. The second-order valence-corrected chi connectivity index (χ2v) is 6.86. The Hall–Kier alpha value is -2.48. The Labute approximate surface area is 148 Å². The Morgan fingerprint density at radius 3 is 3.12 bits per heavy atom. The Morgan fingerprint density at radius 2 is 2.36 bits per heavy atom. The second kappa shape index (κ2) is 6.79. The van der Waals surface area contributed by atoms with Crippen LogP contribution < -0.4 is 0 Å². The largest absolute Gasteiger partial charge is 0.420 e. The third-order valence-electron chi connectivity index (χ3n) is 4.39. The number of nitrogens with zero attached hydrogens (tertiary/aromatic N) is 4. The maximum absolute atomic E-state index is 12.6. The van der Waals surface area contributed by atoms with Crippen LogP contribution in [0.2, 0.25) is 0 Å². The maximum atomic E-state index is 12.6. The predicted octanol–water partition coefficient (Wildman–Crippen LogP) is 3.37. The smallest absolute Gasteiger partial charge is 0.276 e. The van der Waals surface area contributed by atoms with Crippen molar-refractivity contribution in [2.24, 2.45) is 0 Å². The first-order chi connectivity index (χ1) is 12.2. The van der Waals surface area contributed by atoms with Crippen molar-refractivity contribution >= 4 is 17.2 Å². The number of carbonyl (C=O) groups is 1. The lowest BCUT2D eigenvalue weighted by atomic mass is 9.98. The first-order valence-corrected chi connectivity index (χ1v) is 9.29. The minimum atomic E-state index is -0.106. The van der Waals surface area contributed by atoms with Crippen LogP contribution in [0.3, 0.4) is 0 Å². The molecule has 0 N–H and O–H groups in total. The maximum Gasteiger partial charge on any atom is 0.276 e. The fourth-order valence-electron chi connectivity index (χ4n) is 3.01. The van der Waals surface area contributed by atoms with Crippen molar-refractivity contribution < 1.29 is 13.7 Å². The van der Waals surface area contributed by atoms with Crippen molar-refractivity contribution in [1.29, 1.82) is 0 Å². The van der Waals surface area contributed by atoms with Crippen LogP contribution in [0.5, 0.6) is 0 Å². The van der Waals surface area contributed by atoms with Gasteiger partial charge in [-0.15, -0.1) is 10.2 Å². The summed E-state index contributed by atoms with van der Waals surface area (Å²) in [6.45, 7) is 3.22. The lowest BCUT2D eigenvalue weighted by molar-refractivity contribution is 0.0688. The van der Waals surface area contributed by atoms with E-state index in [9.17, 15) is 4.79 Å². The van der Waals surface area contributed by atoms with Gasteiger partial charge in [0.15, 0.2) is 5.69 Å². The molecule has 1 aliphatic heterocycles. The summed E-state index contributed by atoms with van der Waals surface area (Å²) < 4.78 is 11.0. The third kappa shape index (κ3) is 3.21. The third-order valence-corrected chi connectivity index (χ3v) is 5.08. The van der Waals surface area contributed by atoms with Crippen LogP contribution in [0.15, 0.2) is 31.8 Å². The van der Waals surface area contributed by atoms with Gasteiger partial charge in [0.05, 0.1) is 5.92 Å². The highest BCUT2D eigenvalue weighted by atomic mass is 32.1. The van der Waals surface area contributed by atoms with Gasteiger partial charge in [-0.25, -0.2) is 0 Å². The summed E-state index contributed by atoms with van der Waals surface area (Å²) in [4.78, 5) is 14.4. The molecule has 0 saturated carbocycles. The lowest BCUT2D eigenvalue weighted by Crippen LogP contribution is -2.39. The zero-order valence-electron chi connectivity index (χ0n) is 13.8. The first kappa shape index (κ1) is 16.0. The molecule has 130 valence electrons. The Kier molecular flexibility index (Phi) is 4.35. The van der Waals surface area contributed by atoms with Gasteiger partial charge in [-0.3, -0.25) is 4.79 Å². The number of carbonyl (C=O) groups excluding carboxylic acids is 1. The minimum absolute atomic E-state index is 0.0510. The normalized spacial score (nSPS) is 17.8. The number of thiophene rings is 1. The van der Waals surface area contributed by atoms with E-state index in [0.717, 1.165) is 24.8 Å². The van der Waals surface area contributed by atoms with E-state index in [1.54, 1.807) is 22.3 Å². The van der Waals surface area contributed by atoms with E-state index < -0.39 is 0 Å². The van der Waals surface area contributed by atoms with Crippen molar-refractivity contribution in [3.63, 3.8) is 0 Å². The molecular weight excluding hydrogens is 340 g/mol. The molecule has 1 fully saturated rings. The van der Waals surface area contributed by atoms with Gasteiger partial charge < -0.3 is 13.8 Å². The van der Waals surface area contributed by atoms with Gasteiger partial charge in [0.25, 0.3) is 5.91 Å². The highest BCUT2D eigenvalue weighted by molar-refractivity contribution is 7.08. The summed E-state index contributed by atoms with van der Waals surface area (Å²) in [6, 6.07) is 3.67. The van der Waals surface area contributed by atoms with Gasteiger partial charge in [-0.05, 0) is 24.3 Å². The molecule has 0 aliphatic carbocycles. The molecule has 1 saturated heterocycles. The summed E-state index contributed by atoms with van der Waals surface area (Å²) in [6.07, 6.45) is 2.54. The van der Waals surface area contributed by atoms with Crippen molar-refractivity contribution in [2.45, 2.75) is 32.1 Å². The van der Waals surface area contributed by atoms with Crippen LogP contribution in [0.1, 0.15) is 47.8 Å². The van der Waals surface area contributed by atoms with Gasteiger partial charge >= 0.3 is 0 Å². The molecule has 3 aromatic rings. The summed E-state index contributed by atoms with van der Waals surface area (Å²) in [5.74, 6) is 1.78. The second-order valence-electron chi connectivity index (χ2n) is 6.08. The lowest BCUT2D eigenvalue weighted by Gasteiger charge is -2.30. The first-order valence-electron chi connectivity index (χ1n) is 8.35. The van der Waals surface area contributed by atoms with E-state index in [2.05, 4.69) is 15.4 Å². The van der Waals surface area contributed by atoms with Gasteiger partial charge in [-0.2, -0.15) is 11.3 Å². The summed E-state index contributed by atoms with van der Waals surface area (Å²) in [5, 5.41) is 16.2. The average Bonchev–Trinajstić information content (AvgIpc) is 3.41. The molecule has 0 radical (unpaired) electrons. The van der Waals surface area contributed by atoms with Crippen molar-refractivity contribution in [1.82, 2.24) is 20.3 Å². The van der Waals surface area contributed by atoms with Crippen LogP contribution in [0.25, 0.3) is 11.5 Å². The minimum Gasteiger partial charge on any atom is -0.420 e. The fraction of sp³-hybridized carbons (Fsp3) is 0.412. The topological polar surface area (TPSA) is 85.3 Å². The van der Waals surface area contributed by atoms with E-state index >= 15 is 0 Å². The fourth-order valence-corrected chi connectivity index (χ4v) is 3.64. The molecule has 1 unspecified atom stereocenters.